The smallest absolute Gasteiger partial charge is 0.240 e. The fourth-order valence-electron chi connectivity index (χ4n) is 1.37. The van der Waals surface area contributed by atoms with E-state index in [1.807, 2.05) is 19.1 Å². The Kier molecular flexibility index (Phi) is 2.62. The van der Waals surface area contributed by atoms with Gasteiger partial charge in [0, 0.05) is 0 Å². The van der Waals surface area contributed by atoms with Crippen molar-refractivity contribution in [3.8, 4) is 11.8 Å². The predicted octanol–water partition coefficient (Wildman–Crippen LogP) is 1.79. The summed E-state index contributed by atoms with van der Waals surface area (Å²) in [5.41, 5.74) is 7.72. The molecular weight excluding hydrogens is 270 g/mol. The first-order valence-electron chi connectivity index (χ1n) is 4.51. The van der Waals surface area contributed by atoms with Crippen molar-refractivity contribution in [2.24, 2.45) is 0 Å². The highest BCUT2D eigenvalue weighted by molar-refractivity contribution is 9.10. The zero-order valence-electron chi connectivity index (χ0n) is 8.48. The maximum Gasteiger partial charge on any atom is 0.240 e. The van der Waals surface area contributed by atoms with E-state index in [0.29, 0.717) is 16.0 Å². The number of aryl methyl sites for hydroxylation is 1. The molecule has 0 aliphatic carbocycles. The molecule has 0 aliphatic heterocycles. The van der Waals surface area contributed by atoms with Crippen LogP contribution in [0, 0.1) is 18.3 Å². The van der Waals surface area contributed by atoms with E-state index in [9.17, 15) is 0 Å². The average Bonchev–Trinajstić information content (AvgIpc) is 2.57. The molecule has 0 atom stereocenters. The van der Waals surface area contributed by atoms with Crippen molar-refractivity contribution in [2.45, 2.75) is 6.92 Å². The van der Waals surface area contributed by atoms with E-state index in [-0.39, 0.29) is 5.95 Å². The Labute approximate surface area is 101 Å². The highest BCUT2D eigenvalue weighted by atomic mass is 79.9. The van der Waals surface area contributed by atoms with Crippen LogP contribution in [-0.2, 0) is 0 Å². The molecule has 0 saturated carbocycles. The lowest BCUT2D eigenvalue weighted by molar-refractivity contribution is 0.855. The fraction of sp³-hybridized carbons (Fsp3) is 0.100. The molecule has 0 aliphatic rings. The van der Waals surface area contributed by atoms with Crippen molar-refractivity contribution in [3.05, 3.63) is 34.1 Å². The minimum Gasteiger partial charge on any atom is -0.366 e. The first kappa shape index (κ1) is 10.6. The van der Waals surface area contributed by atoms with Crippen LogP contribution in [0.25, 0.3) is 5.69 Å². The first-order valence-corrected chi connectivity index (χ1v) is 5.30. The lowest BCUT2D eigenvalue weighted by Crippen LogP contribution is -2.01. The molecular formula is C10H8BrN5. The molecule has 6 heteroatoms. The van der Waals surface area contributed by atoms with Gasteiger partial charge in [0.15, 0.2) is 0 Å². The normalized spacial score (nSPS) is 10.1. The van der Waals surface area contributed by atoms with E-state index >= 15 is 0 Å². The lowest BCUT2D eigenvalue weighted by atomic mass is 10.1. The molecule has 0 amide bonds. The molecule has 0 radical (unpaired) electrons. The van der Waals surface area contributed by atoms with Gasteiger partial charge in [-0.25, -0.2) is 4.68 Å². The van der Waals surface area contributed by atoms with Crippen LogP contribution in [0.2, 0.25) is 0 Å². The summed E-state index contributed by atoms with van der Waals surface area (Å²) in [4.78, 5) is 3.93. The molecule has 80 valence electrons. The van der Waals surface area contributed by atoms with Gasteiger partial charge in [0.05, 0.1) is 11.3 Å². The van der Waals surface area contributed by atoms with E-state index in [4.69, 9.17) is 11.0 Å². The van der Waals surface area contributed by atoms with Crippen molar-refractivity contribution < 1.29 is 0 Å². The highest BCUT2D eigenvalue weighted by Crippen LogP contribution is 2.20. The summed E-state index contributed by atoms with van der Waals surface area (Å²) in [7, 11) is 0. The van der Waals surface area contributed by atoms with E-state index in [1.165, 1.54) is 4.68 Å². The van der Waals surface area contributed by atoms with Crippen LogP contribution >= 0.6 is 15.9 Å². The summed E-state index contributed by atoms with van der Waals surface area (Å²) < 4.78 is 1.98. The zero-order valence-corrected chi connectivity index (χ0v) is 10.1. The van der Waals surface area contributed by atoms with E-state index in [1.54, 1.807) is 6.07 Å². The van der Waals surface area contributed by atoms with Gasteiger partial charge in [0.1, 0.15) is 6.07 Å². The number of halogens is 1. The van der Waals surface area contributed by atoms with Crippen molar-refractivity contribution in [1.29, 1.82) is 5.26 Å². The van der Waals surface area contributed by atoms with Crippen LogP contribution in [0.5, 0.6) is 0 Å². The van der Waals surface area contributed by atoms with Crippen molar-refractivity contribution in [2.75, 3.05) is 5.73 Å². The number of nitrogens with zero attached hydrogens (tertiary/aromatic N) is 4. The van der Waals surface area contributed by atoms with Crippen molar-refractivity contribution in [3.63, 3.8) is 0 Å². The Morgan fingerprint density at radius 3 is 2.81 bits per heavy atom. The Balaban J connectivity index is 2.68. The second kappa shape index (κ2) is 3.94. The maximum absolute atomic E-state index is 9.01. The molecule has 0 saturated heterocycles. The fourth-order valence-corrected chi connectivity index (χ4v) is 1.82. The van der Waals surface area contributed by atoms with Crippen LogP contribution < -0.4 is 5.73 Å². The minimum atomic E-state index is 0.164. The summed E-state index contributed by atoms with van der Waals surface area (Å²) in [5, 5.41) is 13.0. The number of benzene rings is 1. The van der Waals surface area contributed by atoms with Crippen LogP contribution in [0.4, 0.5) is 5.95 Å². The summed E-state index contributed by atoms with van der Waals surface area (Å²) in [6, 6.07) is 7.58. The standard InChI is InChI=1S/C10H8BrN5/c1-6-2-3-7(5-12)8(4-6)16-9(11)14-10(13)15-16/h2-4H,1H3,(H2,13,15). The number of rotatable bonds is 1. The molecule has 5 nitrogen and oxygen atoms in total. The molecule has 1 aromatic carbocycles. The van der Waals surface area contributed by atoms with Gasteiger partial charge < -0.3 is 5.73 Å². The maximum atomic E-state index is 9.01. The second-order valence-corrected chi connectivity index (χ2v) is 3.99. The third-order valence-corrected chi connectivity index (χ3v) is 2.60. The van der Waals surface area contributed by atoms with Gasteiger partial charge in [-0.2, -0.15) is 10.2 Å². The molecule has 0 fully saturated rings. The number of nitrogens with two attached hydrogens (primary N) is 1. The molecule has 2 rings (SSSR count). The van der Waals surface area contributed by atoms with Gasteiger partial charge in [-0.05, 0) is 40.5 Å². The lowest BCUT2D eigenvalue weighted by Gasteiger charge is -2.05. The summed E-state index contributed by atoms with van der Waals surface area (Å²) >= 11 is 3.24. The SMILES string of the molecule is Cc1ccc(C#N)c(-n2nc(N)nc2Br)c1. The largest absolute Gasteiger partial charge is 0.366 e. The van der Waals surface area contributed by atoms with Gasteiger partial charge in [-0.3, -0.25) is 0 Å². The van der Waals surface area contributed by atoms with Crippen LogP contribution in [0.15, 0.2) is 22.9 Å². The second-order valence-electron chi connectivity index (χ2n) is 3.28. The van der Waals surface area contributed by atoms with E-state index in [0.717, 1.165) is 5.56 Å². The molecule has 0 unspecified atom stereocenters. The van der Waals surface area contributed by atoms with Gasteiger partial charge in [0.25, 0.3) is 0 Å². The monoisotopic (exact) mass is 277 g/mol. The zero-order chi connectivity index (χ0) is 11.7. The summed E-state index contributed by atoms with van der Waals surface area (Å²) in [5.74, 6) is 0.164. The Morgan fingerprint density at radius 2 is 2.25 bits per heavy atom. The minimum absolute atomic E-state index is 0.164. The summed E-state index contributed by atoms with van der Waals surface area (Å²) in [6.45, 7) is 1.94. The van der Waals surface area contributed by atoms with Crippen molar-refractivity contribution >= 4 is 21.9 Å². The quantitative estimate of drug-likeness (QED) is 0.862. The number of nitrogen functional groups attached to an aromatic ring is 1. The number of anilines is 1. The van der Waals surface area contributed by atoms with Gasteiger partial charge in [-0.1, -0.05) is 6.07 Å². The van der Waals surface area contributed by atoms with E-state index in [2.05, 4.69) is 32.1 Å². The Morgan fingerprint density at radius 1 is 1.50 bits per heavy atom. The third kappa shape index (κ3) is 1.77. The first-order chi connectivity index (χ1) is 7.61. The van der Waals surface area contributed by atoms with E-state index < -0.39 is 0 Å². The van der Waals surface area contributed by atoms with Gasteiger partial charge in [0.2, 0.25) is 10.7 Å². The third-order valence-electron chi connectivity index (χ3n) is 2.09. The Hall–Kier alpha value is -1.87. The van der Waals surface area contributed by atoms with Crippen molar-refractivity contribution in [1.82, 2.24) is 14.8 Å². The Bertz CT molecular complexity index is 581. The molecule has 2 aromatic rings. The highest BCUT2D eigenvalue weighted by Gasteiger charge is 2.11. The average molecular weight is 278 g/mol. The molecule has 0 bridgehead atoms. The number of aromatic nitrogens is 3. The molecule has 2 N–H and O–H groups in total. The number of hydrogen-bond acceptors (Lipinski definition) is 4. The molecule has 0 spiro atoms. The van der Waals surface area contributed by atoms with Crippen LogP contribution in [0.1, 0.15) is 11.1 Å². The van der Waals surface area contributed by atoms with Gasteiger partial charge >= 0.3 is 0 Å². The van der Waals surface area contributed by atoms with Crippen LogP contribution in [0.3, 0.4) is 0 Å². The van der Waals surface area contributed by atoms with Gasteiger partial charge in [-0.15, -0.1) is 5.10 Å². The molecule has 1 aromatic heterocycles. The summed E-state index contributed by atoms with van der Waals surface area (Å²) in [6.07, 6.45) is 0. The molecule has 16 heavy (non-hydrogen) atoms. The number of hydrogen-bond donors (Lipinski definition) is 1. The predicted molar refractivity (Wildman–Crippen MR) is 62.9 cm³/mol. The molecule has 1 heterocycles. The number of nitriles is 1. The topological polar surface area (TPSA) is 80.5 Å². The van der Waals surface area contributed by atoms with Crippen LogP contribution in [-0.4, -0.2) is 14.8 Å².